The third kappa shape index (κ3) is 4.70. The van der Waals surface area contributed by atoms with Crippen molar-refractivity contribution in [1.29, 1.82) is 0 Å². The number of hydrogen-bond acceptors (Lipinski definition) is 5. The molecule has 1 aromatic heterocycles. The first-order chi connectivity index (χ1) is 14.5. The van der Waals surface area contributed by atoms with Crippen LogP contribution >= 0.6 is 0 Å². The lowest BCUT2D eigenvalue weighted by Gasteiger charge is -2.28. The third-order valence-corrected chi connectivity index (χ3v) is 6.43. The van der Waals surface area contributed by atoms with Crippen molar-refractivity contribution in [3.05, 3.63) is 65.9 Å². The molecule has 0 radical (unpaired) electrons. The van der Waals surface area contributed by atoms with Gasteiger partial charge in [0, 0.05) is 17.1 Å². The lowest BCUT2D eigenvalue weighted by molar-refractivity contribution is -0.152. The number of fused-ring (bicyclic) bond motifs is 1. The molecule has 0 amide bonds. The quantitative estimate of drug-likeness (QED) is 0.445. The molecule has 3 rings (SSSR count). The van der Waals surface area contributed by atoms with Crippen LogP contribution in [0.1, 0.15) is 31.9 Å². The van der Waals surface area contributed by atoms with Crippen molar-refractivity contribution < 1.29 is 17.9 Å². The Kier molecular flexibility index (Phi) is 6.05. The molecule has 0 bridgehead atoms. The second-order valence-corrected chi connectivity index (χ2v) is 9.85. The van der Waals surface area contributed by atoms with Crippen molar-refractivity contribution in [2.75, 3.05) is 10.8 Å². The van der Waals surface area contributed by atoms with Gasteiger partial charge in [0.25, 0.3) is 10.0 Å². The molecule has 0 N–H and O–H groups in total. The zero-order valence-corrected chi connectivity index (χ0v) is 18.7. The second kappa shape index (κ2) is 8.40. The van der Waals surface area contributed by atoms with Gasteiger partial charge in [0.1, 0.15) is 17.0 Å². The summed E-state index contributed by atoms with van der Waals surface area (Å²) in [6.45, 7) is 6.33. The third-order valence-electron chi connectivity index (χ3n) is 4.49. The number of ether oxygens (including phenoxy) is 1. The van der Waals surface area contributed by atoms with E-state index in [1.54, 1.807) is 70.2 Å². The fraction of sp³-hybridized carbons (Fsp3) is 0.250. The summed E-state index contributed by atoms with van der Waals surface area (Å²) >= 11 is 0. The van der Waals surface area contributed by atoms with Crippen molar-refractivity contribution in [3.63, 3.8) is 0 Å². The van der Waals surface area contributed by atoms with Crippen LogP contribution in [0.2, 0.25) is 0 Å². The Morgan fingerprint density at radius 3 is 2.52 bits per heavy atom. The Labute approximate surface area is 182 Å². The molecule has 0 aliphatic rings. The molecule has 0 aliphatic carbocycles. The van der Waals surface area contributed by atoms with E-state index < -0.39 is 28.1 Å². The lowest BCUT2D eigenvalue weighted by atomic mass is 10.1. The molecule has 0 atom stereocenters. The monoisotopic (exact) mass is 436 g/mol. The van der Waals surface area contributed by atoms with E-state index in [2.05, 4.69) is 10.9 Å². The van der Waals surface area contributed by atoms with Gasteiger partial charge in [-0.25, -0.2) is 8.42 Å². The maximum Gasteiger partial charge on any atom is 0.327 e. The van der Waals surface area contributed by atoms with Crippen LogP contribution in [-0.2, 0) is 19.6 Å². The first kappa shape index (κ1) is 22.3. The normalized spacial score (nSPS) is 11.7. The van der Waals surface area contributed by atoms with Gasteiger partial charge in [-0.15, -0.1) is 6.42 Å². The van der Waals surface area contributed by atoms with Crippen LogP contribution in [0.3, 0.4) is 0 Å². The van der Waals surface area contributed by atoms with Crippen molar-refractivity contribution in [1.82, 2.24) is 4.98 Å². The Bertz CT molecular complexity index is 1280. The second-order valence-electron chi connectivity index (χ2n) is 8.05. The first-order valence-electron chi connectivity index (χ1n) is 9.69. The molecule has 0 aliphatic heterocycles. The van der Waals surface area contributed by atoms with Crippen LogP contribution < -0.4 is 4.31 Å². The van der Waals surface area contributed by atoms with Crippen LogP contribution in [-0.4, -0.2) is 31.5 Å². The number of esters is 1. The summed E-state index contributed by atoms with van der Waals surface area (Å²) in [5.41, 5.74) is 0.645. The van der Waals surface area contributed by atoms with Gasteiger partial charge in [-0.1, -0.05) is 36.3 Å². The topological polar surface area (TPSA) is 76.6 Å². The molecule has 1 heterocycles. The fourth-order valence-electron chi connectivity index (χ4n) is 3.26. The summed E-state index contributed by atoms with van der Waals surface area (Å²) in [4.78, 5) is 17.0. The zero-order valence-electron chi connectivity index (χ0n) is 17.9. The average molecular weight is 437 g/mol. The number of pyridine rings is 1. The predicted octanol–water partition coefficient (Wildman–Crippen LogP) is 4.06. The van der Waals surface area contributed by atoms with E-state index in [-0.39, 0.29) is 10.6 Å². The Hall–Kier alpha value is -3.37. The largest absolute Gasteiger partial charge is 0.459 e. The molecule has 6 nitrogen and oxygen atoms in total. The SMILES string of the molecule is C#Cc1ccccc1N(CC(=O)OC(C)(C)C)S(=O)(=O)c1c(C)ccc2cccnc12. The molecular formula is C24H24N2O4S. The molecule has 0 unspecified atom stereocenters. The van der Waals surface area contributed by atoms with Crippen LogP contribution in [0.15, 0.2) is 59.6 Å². The number of hydrogen-bond donors (Lipinski definition) is 0. The Balaban J connectivity index is 2.23. The molecule has 31 heavy (non-hydrogen) atoms. The van der Waals surface area contributed by atoms with Gasteiger partial charge < -0.3 is 4.74 Å². The minimum atomic E-state index is -4.22. The van der Waals surface area contributed by atoms with Gasteiger partial charge in [-0.2, -0.15) is 0 Å². The van der Waals surface area contributed by atoms with Crippen LogP contribution in [0.4, 0.5) is 5.69 Å². The van der Waals surface area contributed by atoms with E-state index in [9.17, 15) is 13.2 Å². The van der Waals surface area contributed by atoms with E-state index >= 15 is 0 Å². The van der Waals surface area contributed by atoms with Gasteiger partial charge in [-0.05, 0) is 51.5 Å². The standard InChI is InChI=1S/C24H24N2O4S/c1-6-18-10-7-8-12-20(18)26(16-21(27)30-24(3,4)5)31(28,29)23-17(2)13-14-19-11-9-15-25-22(19)23/h1,7-15H,16H2,2-5H3. The lowest BCUT2D eigenvalue weighted by Crippen LogP contribution is -2.39. The number of benzene rings is 2. The van der Waals surface area contributed by atoms with Crippen molar-refractivity contribution in [2.24, 2.45) is 0 Å². The number of terminal acetylenes is 1. The number of para-hydroxylation sites is 1. The van der Waals surface area contributed by atoms with Crippen LogP contribution in [0.5, 0.6) is 0 Å². The smallest absolute Gasteiger partial charge is 0.327 e. The highest BCUT2D eigenvalue weighted by molar-refractivity contribution is 7.93. The van der Waals surface area contributed by atoms with E-state index in [0.717, 1.165) is 4.31 Å². The summed E-state index contributed by atoms with van der Waals surface area (Å²) in [6.07, 6.45) is 7.16. The highest BCUT2D eigenvalue weighted by atomic mass is 32.2. The molecule has 2 aromatic carbocycles. The van der Waals surface area contributed by atoms with Gasteiger partial charge in [0.2, 0.25) is 0 Å². The predicted molar refractivity (Wildman–Crippen MR) is 121 cm³/mol. The minimum Gasteiger partial charge on any atom is -0.459 e. The number of carbonyl (C=O) groups is 1. The molecule has 7 heteroatoms. The maximum absolute atomic E-state index is 13.9. The van der Waals surface area contributed by atoms with E-state index in [4.69, 9.17) is 11.2 Å². The van der Waals surface area contributed by atoms with Crippen LogP contribution in [0, 0.1) is 19.3 Å². The fourth-order valence-corrected chi connectivity index (χ4v) is 5.06. The number of nitrogens with zero attached hydrogens (tertiary/aromatic N) is 2. The number of anilines is 1. The first-order valence-corrected chi connectivity index (χ1v) is 11.1. The minimum absolute atomic E-state index is 0.0287. The molecular weight excluding hydrogens is 412 g/mol. The van der Waals surface area contributed by atoms with Gasteiger partial charge in [-0.3, -0.25) is 14.1 Å². The molecule has 3 aromatic rings. The Morgan fingerprint density at radius 2 is 1.84 bits per heavy atom. The highest BCUT2D eigenvalue weighted by Gasteiger charge is 2.33. The van der Waals surface area contributed by atoms with Crippen LogP contribution in [0.25, 0.3) is 10.9 Å². The zero-order chi connectivity index (χ0) is 22.8. The average Bonchev–Trinajstić information content (AvgIpc) is 2.70. The maximum atomic E-state index is 13.9. The molecule has 0 saturated carbocycles. The summed E-state index contributed by atoms with van der Waals surface area (Å²) < 4.78 is 34.3. The number of rotatable bonds is 5. The van der Waals surface area contributed by atoms with Crippen molar-refractivity contribution >= 4 is 32.6 Å². The number of carbonyl (C=O) groups excluding carboxylic acids is 1. The van der Waals surface area contributed by atoms with Gasteiger partial charge in [0.05, 0.1) is 11.2 Å². The van der Waals surface area contributed by atoms with Gasteiger partial charge >= 0.3 is 5.97 Å². The van der Waals surface area contributed by atoms with E-state index in [1.165, 1.54) is 6.20 Å². The van der Waals surface area contributed by atoms with E-state index in [0.29, 0.717) is 22.0 Å². The summed E-state index contributed by atoms with van der Waals surface area (Å²) in [5.74, 6) is 1.81. The molecule has 160 valence electrons. The van der Waals surface area contributed by atoms with Crippen molar-refractivity contribution in [2.45, 2.75) is 38.2 Å². The number of aromatic nitrogens is 1. The highest BCUT2D eigenvalue weighted by Crippen LogP contribution is 2.32. The number of sulfonamides is 1. The summed E-state index contributed by atoms with van der Waals surface area (Å²) in [6, 6.07) is 13.6. The van der Waals surface area contributed by atoms with E-state index in [1.807, 2.05) is 6.07 Å². The summed E-state index contributed by atoms with van der Waals surface area (Å²) in [7, 11) is -4.22. The summed E-state index contributed by atoms with van der Waals surface area (Å²) in [5, 5.41) is 0.675. The molecule has 0 saturated heterocycles. The van der Waals surface area contributed by atoms with Gasteiger partial charge in [0.15, 0.2) is 0 Å². The number of aryl methyl sites for hydroxylation is 1. The molecule has 0 spiro atoms. The van der Waals surface area contributed by atoms with Crippen molar-refractivity contribution in [3.8, 4) is 12.3 Å². The molecule has 0 fully saturated rings. The Morgan fingerprint density at radius 1 is 1.13 bits per heavy atom.